The molecule has 7 nitrogen and oxygen atoms in total. The maximum Gasteiger partial charge on any atom is 0.433 e. The van der Waals surface area contributed by atoms with E-state index >= 15 is 0 Å². The molecule has 0 radical (unpaired) electrons. The number of ether oxygens (including phenoxy) is 1. The van der Waals surface area contributed by atoms with Gasteiger partial charge < -0.3 is 9.30 Å². The minimum Gasteiger partial charge on any atom is -0.480 e. The Balaban J connectivity index is 1.53. The Kier molecular flexibility index (Phi) is 6.56. The molecule has 0 aliphatic rings. The number of fused-ring (bicyclic) bond motifs is 1. The molecule has 0 amide bonds. The van der Waals surface area contributed by atoms with Crippen molar-refractivity contribution < 1.29 is 17.9 Å². The van der Waals surface area contributed by atoms with Crippen LogP contribution in [0.4, 0.5) is 13.2 Å². The zero-order valence-electron chi connectivity index (χ0n) is 21.1. The van der Waals surface area contributed by atoms with E-state index in [9.17, 15) is 18.0 Å². The topological polar surface area (TPSA) is 74.8 Å². The summed E-state index contributed by atoms with van der Waals surface area (Å²) in [7, 11) is 2.84. The molecule has 0 saturated carbocycles. The van der Waals surface area contributed by atoms with E-state index in [4.69, 9.17) is 9.72 Å². The molecule has 0 unspecified atom stereocenters. The third-order valence-corrected chi connectivity index (χ3v) is 7.29. The highest BCUT2D eigenvalue weighted by atomic mass is 32.1. The van der Waals surface area contributed by atoms with Crippen LogP contribution in [-0.4, -0.2) is 31.2 Å². The molecule has 0 bridgehead atoms. The highest BCUT2D eigenvalue weighted by molar-refractivity contribution is 7.16. The van der Waals surface area contributed by atoms with E-state index in [1.165, 1.54) is 14.2 Å². The van der Waals surface area contributed by atoms with Crippen molar-refractivity contribution in [2.45, 2.75) is 32.5 Å². The first-order chi connectivity index (χ1) is 18.1. The number of nitrogens with zero attached hydrogens (tertiary/aromatic N) is 5. The van der Waals surface area contributed by atoms with Crippen LogP contribution >= 0.6 is 11.3 Å². The molecule has 5 rings (SSSR count). The second kappa shape index (κ2) is 9.71. The first-order valence-corrected chi connectivity index (χ1v) is 12.6. The van der Waals surface area contributed by atoms with E-state index in [-0.39, 0.29) is 23.2 Å². The molecule has 0 spiro atoms. The van der Waals surface area contributed by atoms with Gasteiger partial charge in [0, 0.05) is 18.2 Å². The minimum atomic E-state index is -4.49. The molecule has 0 aliphatic heterocycles. The number of hydrogen-bond donors (Lipinski definition) is 0. The van der Waals surface area contributed by atoms with E-state index in [0.29, 0.717) is 27.6 Å². The summed E-state index contributed by atoms with van der Waals surface area (Å²) < 4.78 is 48.1. The monoisotopic (exact) mass is 539 g/mol. The Morgan fingerprint density at radius 1 is 1.05 bits per heavy atom. The molecule has 3 aromatic heterocycles. The van der Waals surface area contributed by atoms with Crippen LogP contribution in [0.3, 0.4) is 0 Å². The van der Waals surface area contributed by atoms with Crippen LogP contribution in [-0.2, 0) is 19.8 Å². The van der Waals surface area contributed by atoms with Crippen LogP contribution in [0.15, 0.2) is 59.5 Å². The van der Waals surface area contributed by atoms with E-state index in [0.717, 1.165) is 38.8 Å². The molecular formula is C27H24F3N5O2S. The predicted molar refractivity (Wildman–Crippen MR) is 140 cm³/mol. The van der Waals surface area contributed by atoms with Crippen LogP contribution in [0.5, 0.6) is 5.88 Å². The minimum absolute atomic E-state index is 0.202. The fraction of sp³-hybridized carbons (Fsp3) is 0.259. The predicted octanol–water partition coefficient (Wildman–Crippen LogP) is 6.12. The quantitative estimate of drug-likeness (QED) is 0.260. The molecule has 5 aromatic rings. The van der Waals surface area contributed by atoms with Gasteiger partial charge in [-0.3, -0.25) is 9.36 Å². The average Bonchev–Trinajstić information content (AvgIpc) is 3.43. The third-order valence-electron chi connectivity index (χ3n) is 6.33. The molecule has 2 aromatic carbocycles. The zero-order chi connectivity index (χ0) is 27.2. The second-order valence-electron chi connectivity index (χ2n) is 9.13. The van der Waals surface area contributed by atoms with Crippen molar-refractivity contribution in [2.75, 3.05) is 7.11 Å². The van der Waals surface area contributed by atoms with Crippen LogP contribution < -0.4 is 9.61 Å². The Bertz CT molecular complexity index is 1680. The number of alkyl halides is 3. The Morgan fingerprint density at radius 2 is 1.76 bits per heavy atom. The number of halogens is 3. The number of rotatable bonds is 6. The molecule has 3 heterocycles. The van der Waals surface area contributed by atoms with Crippen molar-refractivity contribution in [3.8, 4) is 28.7 Å². The van der Waals surface area contributed by atoms with Crippen molar-refractivity contribution in [3.63, 3.8) is 0 Å². The van der Waals surface area contributed by atoms with Crippen LogP contribution in [0.2, 0.25) is 0 Å². The van der Waals surface area contributed by atoms with Gasteiger partial charge in [0.1, 0.15) is 16.2 Å². The zero-order valence-corrected chi connectivity index (χ0v) is 21.9. The number of methoxy groups -OCH3 is 1. The van der Waals surface area contributed by atoms with E-state index in [1.54, 1.807) is 28.8 Å². The lowest BCUT2D eigenvalue weighted by atomic mass is 9.97. The van der Waals surface area contributed by atoms with Gasteiger partial charge in [0.15, 0.2) is 11.5 Å². The standard InChI is InChI=1S/C27H24F3N5O2S/c1-15(2)18-7-5-6-8-19(18)22-32-24-21(25(33-22)37-4)38-26(36)35(24)14-16-9-11-17(12-10-16)23-31-13-20(34(23)3)27(28,29)30/h5-13,15H,14H2,1-4H3. The summed E-state index contributed by atoms with van der Waals surface area (Å²) in [6.45, 7) is 4.40. The summed E-state index contributed by atoms with van der Waals surface area (Å²) in [5.74, 6) is 1.24. The molecule has 38 heavy (non-hydrogen) atoms. The van der Waals surface area contributed by atoms with Gasteiger partial charge in [0.2, 0.25) is 5.88 Å². The number of thiazole rings is 1. The van der Waals surface area contributed by atoms with Gasteiger partial charge in [-0.15, -0.1) is 0 Å². The maximum absolute atomic E-state index is 13.2. The van der Waals surface area contributed by atoms with Crippen LogP contribution in [0.25, 0.3) is 33.1 Å². The molecule has 0 N–H and O–H groups in total. The third kappa shape index (κ3) is 4.58. The Labute approximate surface area is 220 Å². The van der Waals surface area contributed by atoms with E-state index < -0.39 is 11.9 Å². The molecular weight excluding hydrogens is 515 g/mol. The first-order valence-electron chi connectivity index (χ1n) is 11.8. The summed E-state index contributed by atoms with van der Waals surface area (Å²) in [4.78, 5) is 26.1. The smallest absolute Gasteiger partial charge is 0.433 e. The van der Waals surface area contributed by atoms with Crippen molar-refractivity contribution in [1.82, 2.24) is 24.1 Å². The molecule has 0 saturated heterocycles. The van der Waals surface area contributed by atoms with Crippen LogP contribution in [0.1, 0.15) is 36.6 Å². The normalized spacial score (nSPS) is 12.0. The summed E-state index contributed by atoms with van der Waals surface area (Å²) in [6.07, 6.45) is -3.67. The van der Waals surface area contributed by atoms with Gasteiger partial charge in [-0.1, -0.05) is 73.7 Å². The fourth-order valence-electron chi connectivity index (χ4n) is 4.41. The Hall–Kier alpha value is -3.99. The van der Waals surface area contributed by atoms with Gasteiger partial charge in [0.25, 0.3) is 0 Å². The largest absolute Gasteiger partial charge is 0.480 e. The first kappa shape index (κ1) is 25.7. The number of imidazole rings is 1. The summed E-state index contributed by atoms with van der Waals surface area (Å²) in [5, 5.41) is 0. The van der Waals surface area contributed by atoms with E-state index in [1.807, 2.05) is 24.3 Å². The maximum atomic E-state index is 13.2. The molecule has 0 aliphatic carbocycles. The summed E-state index contributed by atoms with van der Waals surface area (Å²) in [6, 6.07) is 14.8. The van der Waals surface area contributed by atoms with Crippen molar-refractivity contribution in [3.05, 3.63) is 81.2 Å². The lowest BCUT2D eigenvalue weighted by molar-refractivity contribution is -0.143. The van der Waals surface area contributed by atoms with Gasteiger partial charge >= 0.3 is 11.0 Å². The number of aromatic nitrogens is 5. The summed E-state index contributed by atoms with van der Waals surface area (Å²) >= 11 is 1.01. The summed E-state index contributed by atoms with van der Waals surface area (Å²) in [5.41, 5.74) is 2.90. The molecule has 196 valence electrons. The van der Waals surface area contributed by atoms with Crippen molar-refractivity contribution in [2.24, 2.45) is 7.05 Å². The van der Waals surface area contributed by atoms with E-state index in [2.05, 4.69) is 23.8 Å². The lowest BCUT2D eigenvalue weighted by Gasteiger charge is -2.13. The molecule has 11 heteroatoms. The fourth-order valence-corrected chi connectivity index (χ4v) is 5.30. The number of hydrogen-bond acceptors (Lipinski definition) is 6. The Morgan fingerprint density at radius 3 is 2.39 bits per heavy atom. The van der Waals surface area contributed by atoms with Gasteiger partial charge in [-0.05, 0) is 17.0 Å². The number of benzene rings is 2. The highest BCUT2D eigenvalue weighted by Crippen LogP contribution is 2.33. The second-order valence-corrected chi connectivity index (χ2v) is 10.1. The van der Waals surface area contributed by atoms with Crippen LogP contribution in [0, 0.1) is 0 Å². The lowest BCUT2D eigenvalue weighted by Crippen LogP contribution is -2.14. The SMILES string of the molecule is COc1nc(-c2ccccc2C(C)C)nc2c1sc(=O)n2Cc1ccc(-c2ncc(C(F)(F)F)n2C)cc1. The van der Waals surface area contributed by atoms with Crippen molar-refractivity contribution in [1.29, 1.82) is 0 Å². The van der Waals surface area contributed by atoms with Gasteiger partial charge in [-0.25, -0.2) is 9.97 Å². The highest BCUT2D eigenvalue weighted by Gasteiger charge is 2.35. The average molecular weight is 540 g/mol. The van der Waals surface area contributed by atoms with Crippen molar-refractivity contribution >= 4 is 21.7 Å². The van der Waals surface area contributed by atoms with Gasteiger partial charge in [-0.2, -0.15) is 18.2 Å². The molecule has 0 atom stereocenters. The molecule has 0 fully saturated rings. The van der Waals surface area contributed by atoms with Gasteiger partial charge in [0.05, 0.1) is 19.9 Å².